The molecule has 19 heavy (non-hydrogen) atoms. The molecule has 2 aromatic rings. The molecule has 0 aliphatic heterocycles. The molecule has 4 heteroatoms. The largest absolute Gasteiger partial charge is 0.397 e. The molecule has 2 rings (SSSR count). The lowest BCUT2D eigenvalue weighted by atomic mass is 10.1. The fraction of sp³-hybridized carbons (Fsp3) is 0.267. The molecule has 1 aromatic carbocycles. The molecule has 0 aliphatic carbocycles. The van der Waals surface area contributed by atoms with Crippen molar-refractivity contribution < 1.29 is 0 Å². The normalized spacial score (nSPS) is 10.7. The Bertz CT molecular complexity index is 635. The number of halogens is 1. The van der Waals surface area contributed by atoms with E-state index in [0.29, 0.717) is 22.8 Å². The first-order chi connectivity index (χ1) is 9.02. The van der Waals surface area contributed by atoms with Gasteiger partial charge in [0.2, 0.25) is 0 Å². The van der Waals surface area contributed by atoms with Gasteiger partial charge in [-0.15, -0.1) is 0 Å². The highest BCUT2D eigenvalue weighted by molar-refractivity contribution is 6.30. The first kappa shape index (κ1) is 13.5. The number of hydrogen-bond acceptors (Lipinski definition) is 2. The van der Waals surface area contributed by atoms with Crippen molar-refractivity contribution in [2.45, 2.75) is 26.3 Å². The van der Waals surface area contributed by atoms with Crippen LogP contribution in [0, 0.1) is 11.3 Å². The molecule has 0 atom stereocenters. The second-order valence-corrected chi connectivity index (χ2v) is 5.25. The van der Waals surface area contributed by atoms with Crippen molar-refractivity contribution in [2.75, 3.05) is 5.73 Å². The van der Waals surface area contributed by atoms with Crippen molar-refractivity contribution >= 4 is 17.3 Å². The van der Waals surface area contributed by atoms with E-state index >= 15 is 0 Å². The quantitative estimate of drug-likeness (QED) is 0.925. The Morgan fingerprint density at radius 1 is 1.37 bits per heavy atom. The van der Waals surface area contributed by atoms with Gasteiger partial charge < -0.3 is 10.3 Å². The van der Waals surface area contributed by atoms with Crippen molar-refractivity contribution in [3.8, 4) is 6.07 Å². The summed E-state index contributed by atoms with van der Waals surface area (Å²) < 4.78 is 1.98. The maximum Gasteiger partial charge on any atom is 0.122 e. The Balaban J connectivity index is 2.45. The minimum Gasteiger partial charge on any atom is -0.397 e. The zero-order chi connectivity index (χ0) is 14.0. The molecule has 0 saturated carbocycles. The maximum atomic E-state index is 9.17. The van der Waals surface area contributed by atoms with Gasteiger partial charge >= 0.3 is 0 Å². The summed E-state index contributed by atoms with van der Waals surface area (Å²) >= 11 is 6.00. The lowest BCUT2D eigenvalue weighted by Crippen LogP contribution is -2.09. The molecule has 2 N–H and O–H groups in total. The average molecular weight is 274 g/mol. The number of anilines is 1. The molecule has 0 radical (unpaired) electrons. The molecular formula is C15H16ClN3. The lowest BCUT2D eigenvalue weighted by Gasteiger charge is -2.15. The number of nitrogen functional groups attached to an aromatic ring is 1. The van der Waals surface area contributed by atoms with Crippen molar-refractivity contribution in [3.63, 3.8) is 0 Å². The van der Waals surface area contributed by atoms with E-state index in [1.54, 1.807) is 6.07 Å². The van der Waals surface area contributed by atoms with Gasteiger partial charge in [-0.1, -0.05) is 23.7 Å². The van der Waals surface area contributed by atoms with E-state index in [1.165, 1.54) is 0 Å². The van der Waals surface area contributed by atoms with Crippen molar-refractivity contribution in [3.05, 3.63) is 52.3 Å². The number of rotatable bonds is 3. The smallest absolute Gasteiger partial charge is 0.122 e. The molecule has 0 spiro atoms. The molecule has 0 amide bonds. The van der Waals surface area contributed by atoms with Gasteiger partial charge in [-0.2, -0.15) is 5.26 Å². The Morgan fingerprint density at radius 3 is 2.68 bits per heavy atom. The Morgan fingerprint density at radius 2 is 2.11 bits per heavy atom. The summed E-state index contributed by atoms with van der Waals surface area (Å²) in [6.07, 6.45) is 0.673. The Kier molecular flexibility index (Phi) is 3.82. The van der Waals surface area contributed by atoms with Crippen LogP contribution >= 0.6 is 11.6 Å². The third kappa shape index (κ3) is 2.74. The number of benzene rings is 1. The van der Waals surface area contributed by atoms with Gasteiger partial charge in [0.25, 0.3) is 0 Å². The zero-order valence-electron chi connectivity index (χ0n) is 11.0. The fourth-order valence-electron chi connectivity index (χ4n) is 2.29. The molecule has 0 aliphatic rings. The number of nitrogens with two attached hydrogens (primary N) is 1. The number of hydrogen-bond donors (Lipinski definition) is 1. The predicted molar refractivity (Wildman–Crippen MR) is 78.2 cm³/mol. The molecule has 1 heterocycles. The van der Waals surface area contributed by atoms with Crippen molar-refractivity contribution in [1.82, 2.24) is 4.57 Å². The van der Waals surface area contributed by atoms with E-state index in [1.807, 2.05) is 42.7 Å². The Hall–Kier alpha value is -1.92. The minimum absolute atomic E-state index is 0.195. The summed E-state index contributed by atoms with van der Waals surface area (Å²) in [4.78, 5) is 0. The van der Waals surface area contributed by atoms with E-state index in [9.17, 15) is 0 Å². The van der Waals surface area contributed by atoms with Crippen LogP contribution in [0.3, 0.4) is 0 Å². The van der Waals surface area contributed by atoms with Crippen LogP contribution in [0.5, 0.6) is 0 Å². The average Bonchev–Trinajstić information content (AvgIpc) is 2.66. The van der Waals surface area contributed by atoms with E-state index in [4.69, 9.17) is 22.6 Å². The van der Waals surface area contributed by atoms with Crippen LogP contribution in [0.4, 0.5) is 5.69 Å². The van der Waals surface area contributed by atoms with Crippen molar-refractivity contribution in [2.24, 2.45) is 0 Å². The highest BCUT2D eigenvalue weighted by atomic mass is 35.5. The van der Waals surface area contributed by atoms with E-state index in [0.717, 1.165) is 11.3 Å². The van der Waals surface area contributed by atoms with Gasteiger partial charge in [-0.05, 0) is 37.6 Å². The van der Waals surface area contributed by atoms with Crippen LogP contribution in [0.25, 0.3) is 0 Å². The number of nitrogens with zero attached hydrogens (tertiary/aromatic N) is 2. The summed E-state index contributed by atoms with van der Waals surface area (Å²) in [5.74, 6) is 0. The Labute approximate surface area is 118 Å². The van der Waals surface area contributed by atoms with Gasteiger partial charge in [0, 0.05) is 23.2 Å². The summed E-state index contributed by atoms with van der Waals surface area (Å²) in [6.45, 7) is 4.09. The maximum absolute atomic E-state index is 9.17. The molecule has 0 unspecified atom stereocenters. The SMILES string of the molecule is CC(C)n1c(C#N)cc(N)c1Cc1cccc(Cl)c1. The third-order valence-corrected chi connectivity index (χ3v) is 3.30. The van der Waals surface area contributed by atoms with Crippen LogP contribution in [0.1, 0.15) is 36.8 Å². The van der Waals surface area contributed by atoms with Crippen LogP contribution in [0.2, 0.25) is 5.02 Å². The second-order valence-electron chi connectivity index (χ2n) is 4.81. The first-order valence-corrected chi connectivity index (χ1v) is 6.55. The van der Waals surface area contributed by atoms with Crippen LogP contribution in [0.15, 0.2) is 30.3 Å². The van der Waals surface area contributed by atoms with Gasteiger partial charge in [0.15, 0.2) is 0 Å². The first-order valence-electron chi connectivity index (χ1n) is 6.17. The molecule has 0 fully saturated rings. The van der Waals surface area contributed by atoms with E-state index in [2.05, 4.69) is 6.07 Å². The van der Waals surface area contributed by atoms with Crippen LogP contribution < -0.4 is 5.73 Å². The second kappa shape index (κ2) is 5.38. The molecule has 0 bridgehead atoms. The highest BCUT2D eigenvalue weighted by Gasteiger charge is 2.15. The van der Waals surface area contributed by atoms with E-state index in [-0.39, 0.29) is 6.04 Å². The van der Waals surface area contributed by atoms with Gasteiger partial charge in [-0.25, -0.2) is 0 Å². The minimum atomic E-state index is 0.195. The predicted octanol–water partition coefficient (Wildman–Crippen LogP) is 3.77. The van der Waals surface area contributed by atoms with Gasteiger partial charge in [0.05, 0.1) is 5.69 Å². The number of aromatic nitrogens is 1. The van der Waals surface area contributed by atoms with E-state index < -0.39 is 0 Å². The van der Waals surface area contributed by atoms with Gasteiger partial charge in [-0.3, -0.25) is 0 Å². The number of nitriles is 1. The zero-order valence-corrected chi connectivity index (χ0v) is 11.8. The summed E-state index contributed by atoms with van der Waals surface area (Å²) in [7, 11) is 0. The molecule has 3 nitrogen and oxygen atoms in total. The lowest BCUT2D eigenvalue weighted by molar-refractivity contribution is 0.577. The fourth-order valence-corrected chi connectivity index (χ4v) is 2.50. The van der Waals surface area contributed by atoms with Crippen LogP contribution in [-0.2, 0) is 6.42 Å². The highest BCUT2D eigenvalue weighted by Crippen LogP contribution is 2.26. The monoisotopic (exact) mass is 273 g/mol. The third-order valence-electron chi connectivity index (χ3n) is 3.07. The summed E-state index contributed by atoms with van der Waals surface area (Å²) in [6, 6.07) is 11.8. The van der Waals surface area contributed by atoms with Crippen molar-refractivity contribution in [1.29, 1.82) is 5.26 Å². The van der Waals surface area contributed by atoms with Crippen LogP contribution in [-0.4, -0.2) is 4.57 Å². The summed E-state index contributed by atoms with van der Waals surface area (Å²) in [5, 5.41) is 9.88. The molecule has 0 saturated heterocycles. The van der Waals surface area contributed by atoms with Gasteiger partial charge in [0.1, 0.15) is 11.8 Å². The topological polar surface area (TPSA) is 54.7 Å². The molecule has 98 valence electrons. The standard InChI is InChI=1S/C15H16ClN3/c1-10(2)19-13(9-17)8-14(18)15(19)7-11-4-3-5-12(16)6-11/h3-6,8,10H,7,18H2,1-2H3. The molecule has 1 aromatic heterocycles. The molecular weight excluding hydrogens is 258 g/mol. The summed E-state index contributed by atoms with van der Waals surface area (Å²) in [5.41, 5.74) is 9.35.